The van der Waals surface area contributed by atoms with Gasteiger partial charge in [0.1, 0.15) is 11.3 Å². The molecule has 0 aliphatic heterocycles. The number of halogens is 3. The zero-order valence-electron chi connectivity index (χ0n) is 18.9. The number of aromatic nitrogens is 1. The lowest BCUT2D eigenvalue weighted by atomic mass is 10.2. The highest BCUT2D eigenvalue weighted by molar-refractivity contribution is 8.23. The molecule has 1 amide bonds. The minimum absolute atomic E-state index is 0.116. The number of carbonyl (C=O) groups excluding carboxylic acids is 1. The first kappa shape index (κ1) is 27.8. The number of nitrogens with zero attached hydrogens (tertiary/aromatic N) is 4. The van der Waals surface area contributed by atoms with Crippen molar-refractivity contribution in [1.82, 2.24) is 4.98 Å². The zero-order valence-corrected chi connectivity index (χ0v) is 20.5. The second-order valence-electron chi connectivity index (χ2n) is 7.81. The van der Waals surface area contributed by atoms with Gasteiger partial charge in [0.05, 0.1) is 12.7 Å². The van der Waals surface area contributed by atoms with Gasteiger partial charge in [-0.25, -0.2) is 9.18 Å². The first-order valence-corrected chi connectivity index (χ1v) is 11.0. The number of hydrogen-bond donors (Lipinski definition) is 0. The molecule has 0 N–H and O–H groups in total. The Hall–Kier alpha value is -2.26. The van der Waals surface area contributed by atoms with Crippen molar-refractivity contribution in [2.45, 2.75) is 51.4 Å². The Morgan fingerprint density at radius 3 is 2.41 bits per heavy atom. The number of thiocarbonyl (C=S) groups is 1. The van der Waals surface area contributed by atoms with E-state index in [-0.39, 0.29) is 23.8 Å². The fourth-order valence-corrected chi connectivity index (χ4v) is 3.98. The lowest BCUT2D eigenvalue weighted by molar-refractivity contribution is 0.0577. The maximum absolute atomic E-state index is 15.2. The molecule has 12 heteroatoms. The van der Waals surface area contributed by atoms with Crippen LogP contribution in [0.3, 0.4) is 0 Å². The van der Waals surface area contributed by atoms with Gasteiger partial charge in [-0.1, -0.05) is 11.8 Å². The average molecular weight is 493 g/mol. The Morgan fingerprint density at radius 2 is 1.91 bits per heavy atom. The van der Waals surface area contributed by atoms with E-state index < -0.39 is 46.0 Å². The molecule has 0 aromatic carbocycles. The van der Waals surface area contributed by atoms with Gasteiger partial charge in [0.2, 0.25) is 10.2 Å². The maximum Gasteiger partial charge on any atom is 0.416 e. The third-order valence-electron chi connectivity index (χ3n) is 3.80. The molecule has 0 radical (unpaired) electrons. The molecule has 0 aliphatic rings. The largest absolute Gasteiger partial charge is 0.479 e. The Labute approximate surface area is 195 Å². The molecule has 0 aliphatic carbocycles. The summed E-state index contributed by atoms with van der Waals surface area (Å²) < 4.78 is 54.4. The van der Waals surface area contributed by atoms with Crippen LogP contribution in [0, 0.1) is 28.9 Å². The highest BCUT2D eigenvalue weighted by Gasteiger charge is 2.33. The summed E-state index contributed by atoms with van der Waals surface area (Å²) in [6.45, 7) is 6.64. The van der Waals surface area contributed by atoms with E-state index in [0.29, 0.717) is 6.61 Å². The molecule has 7 nitrogen and oxygen atoms in total. The predicted molar refractivity (Wildman–Crippen MR) is 122 cm³/mol. The van der Waals surface area contributed by atoms with Crippen molar-refractivity contribution in [3.05, 3.63) is 17.6 Å². The quantitative estimate of drug-likeness (QED) is 0.369. The van der Waals surface area contributed by atoms with E-state index in [0.717, 1.165) is 21.6 Å². The second-order valence-corrected chi connectivity index (χ2v) is 9.71. The van der Waals surface area contributed by atoms with E-state index in [4.69, 9.17) is 27.0 Å². The first-order chi connectivity index (χ1) is 14.8. The van der Waals surface area contributed by atoms with E-state index in [1.54, 1.807) is 27.7 Å². The SMILES string of the molecule is CCOC(=S)SC(CCC#N)CN(C(=O)OC(C)(C)C)c1nc(F)c(F)c(N(C)C)c1F. The molecule has 1 heterocycles. The summed E-state index contributed by atoms with van der Waals surface area (Å²) in [5, 5.41) is 8.45. The summed E-state index contributed by atoms with van der Waals surface area (Å²) >= 11 is 6.21. The lowest BCUT2D eigenvalue weighted by Gasteiger charge is -2.30. The Bertz CT molecular complexity index is 873. The Kier molecular flexibility index (Phi) is 10.5. The zero-order chi connectivity index (χ0) is 24.6. The number of nitriles is 1. The molecule has 0 saturated carbocycles. The van der Waals surface area contributed by atoms with Gasteiger partial charge < -0.3 is 14.4 Å². The summed E-state index contributed by atoms with van der Waals surface area (Å²) in [4.78, 5) is 18.1. The van der Waals surface area contributed by atoms with Crippen molar-refractivity contribution >= 4 is 46.0 Å². The van der Waals surface area contributed by atoms with Gasteiger partial charge in [-0.05, 0) is 46.3 Å². The molecule has 1 atom stereocenters. The highest BCUT2D eigenvalue weighted by Crippen LogP contribution is 2.32. The fraction of sp³-hybridized carbons (Fsp3) is 0.600. The summed E-state index contributed by atoms with van der Waals surface area (Å²) in [7, 11) is 2.66. The van der Waals surface area contributed by atoms with E-state index in [1.165, 1.54) is 14.1 Å². The summed E-state index contributed by atoms with van der Waals surface area (Å²) in [6, 6.07) is 2.00. The molecule has 0 bridgehead atoms. The van der Waals surface area contributed by atoms with Crippen LogP contribution in [0.1, 0.15) is 40.5 Å². The van der Waals surface area contributed by atoms with Crippen LogP contribution in [0.15, 0.2) is 0 Å². The molecule has 1 rings (SSSR count). The van der Waals surface area contributed by atoms with Gasteiger partial charge in [-0.2, -0.15) is 19.0 Å². The fourth-order valence-electron chi connectivity index (χ4n) is 2.53. The smallest absolute Gasteiger partial charge is 0.416 e. The van der Waals surface area contributed by atoms with Crippen LogP contribution < -0.4 is 9.80 Å². The summed E-state index contributed by atoms with van der Waals surface area (Å²) in [5.74, 6) is -5.00. The standard InChI is InChI=1S/C20H27F3N4O3S2/c1-7-29-19(31)32-12(9-8-10-24)11-27(18(28)30-20(2,3)4)17-14(22)15(26(5)6)13(21)16(23)25-17/h12H,7-9,11H2,1-6H3. The van der Waals surface area contributed by atoms with Crippen molar-refractivity contribution in [3.8, 4) is 6.07 Å². The van der Waals surface area contributed by atoms with Crippen LogP contribution in [0.5, 0.6) is 0 Å². The van der Waals surface area contributed by atoms with Gasteiger partial charge in [-0.3, -0.25) is 4.90 Å². The molecule has 1 aromatic heterocycles. The topological polar surface area (TPSA) is 78.7 Å². The van der Waals surface area contributed by atoms with E-state index in [1.807, 2.05) is 6.07 Å². The van der Waals surface area contributed by atoms with Crippen LogP contribution in [0.25, 0.3) is 0 Å². The second kappa shape index (κ2) is 12.1. The van der Waals surface area contributed by atoms with Crippen molar-refractivity contribution in [1.29, 1.82) is 5.26 Å². The molecular formula is C20H27F3N4O3S2. The number of thioether (sulfide) groups is 1. The third-order valence-corrected chi connectivity index (χ3v) is 5.24. The average Bonchev–Trinajstić information content (AvgIpc) is 2.65. The van der Waals surface area contributed by atoms with Crippen LogP contribution in [-0.2, 0) is 9.47 Å². The number of anilines is 2. The number of carbonyl (C=O) groups is 1. The van der Waals surface area contributed by atoms with Gasteiger partial charge in [0.15, 0.2) is 11.6 Å². The molecule has 0 spiro atoms. The van der Waals surface area contributed by atoms with Crippen LogP contribution >= 0.6 is 24.0 Å². The van der Waals surface area contributed by atoms with Gasteiger partial charge in [-0.15, -0.1) is 0 Å². The summed E-state index contributed by atoms with van der Waals surface area (Å²) in [5.41, 5.74) is -1.64. The minimum Gasteiger partial charge on any atom is -0.479 e. The van der Waals surface area contributed by atoms with E-state index >= 15 is 4.39 Å². The maximum atomic E-state index is 15.2. The lowest BCUT2D eigenvalue weighted by Crippen LogP contribution is -2.42. The van der Waals surface area contributed by atoms with Crippen molar-refractivity contribution < 1.29 is 27.4 Å². The van der Waals surface area contributed by atoms with Crippen LogP contribution in [-0.4, -0.2) is 53.6 Å². The predicted octanol–water partition coefficient (Wildman–Crippen LogP) is 5.03. The van der Waals surface area contributed by atoms with E-state index in [9.17, 15) is 13.6 Å². The summed E-state index contributed by atoms with van der Waals surface area (Å²) in [6.07, 6.45) is -0.630. The van der Waals surface area contributed by atoms with Crippen molar-refractivity contribution in [3.63, 3.8) is 0 Å². The van der Waals surface area contributed by atoms with Gasteiger partial charge in [0.25, 0.3) is 5.95 Å². The molecule has 178 valence electrons. The molecule has 0 saturated heterocycles. The molecule has 1 aromatic rings. The van der Waals surface area contributed by atoms with Gasteiger partial charge in [0, 0.05) is 32.3 Å². The monoisotopic (exact) mass is 492 g/mol. The number of amides is 1. The van der Waals surface area contributed by atoms with E-state index in [2.05, 4.69) is 4.98 Å². The number of rotatable bonds is 8. The van der Waals surface area contributed by atoms with Crippen LogP contribution in [0.2, 0.25) is 0 Å². The normalized spacial score (nSPS) is 12.0. The van der Waals surface area contributed by atoms with Crippen molar-refractivity contribution in [2.24, 2.45) is 0 Å². The molecular weight excluding hydrogens is 465 g/mol. The highest BCUT2D eigenvalue weighted by atomic mass is 32.2. The van der Waals surface area contributed by atoms with Crippen molar-refractivity contribution in [2.75, 3.05) is 37.0 Å². The molecule has 1 unspecified atom stereocenters. The number of ether oxygens (including phenoxy) is 2. The molecule has 0 fully saturated rings. The van der Waals surface area contributed by atoms with Gasteiger partial charge >= 0.3 is 6.09 Å². The Morgan fingerprint density at radius 1 is 1.28 bits per heavy atom. The Balaban J connectivity index is 3.50. The number of hydrogen-bond acceptors (Lipinski definition) is 8. The van der Waals surface area contributed by atoms with Crippen LogP contribution in [0.4, 0.5) is 29.5 Å². The number of pyridine rings is 1. The minimum atomic E-state index is -1.57. The first-order valence-electron chi connectivity index (χ1n) is 9.75. The third kappa shape index (κ3) is 8.02. The molecule has 32 heavy (non-hydrogen) atoms.